The molecule has 2 heterocycles. The highest BCUT2D eigenvalue weighted by atomic mass is 16.2. The summed E-state index contributed by atoms with van der Waals surface area (Å²) in [6.07, 6.45) is 6.08. The van der Waals surface area contributed by atoms with E-state index in [1.807, 2.05) is 23.1 Å². The Morgan fingerprint density at radius 2 is 1.84 bits per heavy atom. The first-order chi connectivity index (χ1) is 15.6. The van der Waals surface area contributed by atoms with Crippen molar-refractivity contribution in [3.8, 4) is 0 Å². The molecule has 2 aromatic rings. The van der Waals surface area contributed by atoms with E-state index in [0.29, 0.717) is 48.4 Å². The molecule has 2 aliphatic rings. The molecule has 8 heteroatoms. The van der Waals surface area contributed by atoms with Gasteiger partial charge in [-0.25, -0.2) is 4.98 Å². The molecule has 172 valence electrons. The van der Waals surface area contributed by atoms with Crippen molar-refractivity contribution in [3.05, 3.63) is 40.4 Å². The fraction of sp³-hybridized carbons (Fsp3) is 0.583. The zero-order chi connectivity index (χ0) is 22.3. The van der Waals surface area contributed by atoms with Crippen molar-refractivity contribution in [2.75, 3.05) is 39.3 Å². The number of para-hydroxylation sites is 1. The van der Waals surface area contributed by atoms with Gasteiger partial charge in [-0.05, 0) is 31.4 Å². The van der Waals surface area contributed by atoms with E-state index < -0.39 is 0 Å². The van der Waals surface area contributed by atoms with Crippen LogP contribution in [0, 0.1) is 5.92 Å². The molecule has 8 nitrogen and oxygen atoms in total. The third-order valence-corrected chi connectivity index (χ3v) is 6.62. The van der Waals surface area contributed by atoms with Crippen LogP contribution < -0.4 is 10.9 Å². The summed E-state index contributed by atoms with van der Waals surface area (Å²) in [6, 6.07) is 7.26. The van der Waals surface area contributed by atoms with Gasteiger partial charge in [0.2, 0.25) is 11.8 Å². The lowest BCUT2D eigenvalue weighted by Gasteiger charge is -2.36. The predicted octanol–water partition coefficient (Wildman–Crippen LogP) is 1.70. The van der Waals surface area contributed by atoms with Gasteiger partial charge in [-0.3, -0.25) is 19.3 Å². The Hall–Kier alpha value is -2.74. The van der Waals surface area contributed by atoms with Crippen LogP contribution in [0.25, 0.3) is 10.9 Å². The highest BCUT2D eigenvalue weighted by Crippen LogP contribution is 2.26. The molecule has 1 aromatic heterocycles. The van der Waals surface area contributed by atoms with Crippen LogP contribution in [0.3, 0.4) is 0 Å². The van der Waals surface area contributed by atoms with Crippen LogP contribution in [0.15, 0.2) is 29.1 Å². The van der Waals surface area contributed by atoms with Gasteiger partial charge in [0.1, 0.15) is 5.82 Å². The third-order valence-electron chi connectivity index (χ3n) is 6.62. The Balaban J connectivity index is 1.11. The molecule has 2 amide bonds. The smallest absolute Gasteiger partial charge is 0.258 e. The van der Waals surface area contributed by atoms with Gasteiger partial charge in [0, 0.05) is 58.0 Å². The van der Waals surface area contributed by atoms with Gasteiger partial charge in [0.05, 0.1) is 10.9 Å². The Morgan fingerprint density at radius 3 is 2.62 bits per heavy atom. The molecular weight excluding hydrogens is 406 g/mol. The Labute approximate surface area is 188 Å². The minimum Gasteiger partial charge on any atom is -0.355 e. The second-order valence-electron chi connectivity index (χ2n) is 8.88. The third kappa shape index (κ3) is 5.73. The van der Waals surface area contributed by atoms with Crippen molar-refractivity contribution < 1.29 is 9.59 Å². The van der Waals surface area contributed by atoms with E-state index in [-0.39, 0.29) is 17.4 Å². The van der Waals surface area contributed by atoms with Crippen molar-refractivity contribution >= 4 is 22.7 Å². The maximum Gasteiger partial charge on any atom is 0.258 e. The second-order valence-corrected chi connectivity index (χ2v) is 8.88. The van der Waals surface area contributed by atoms with Gasteiger partial charge in [-0.1, -0.05) is 25.0 Å². The van der Waals surface area contributed by atoms with Crippen LogP contribution in [0.1, 0.15) is 44.3 Å². The lowest BCUT2D eigenvalue weighted by Crippen LogP contribution is -2.51. The number of fused-ring (bicyclic) bond motifs is 1. The molecule has 2 N–H and O–H groups in total. The lowest BCUT2D eigenvalue weighted by molar-refractivity contribution is -0.137. The SMILES string of the molecule is O=C(CCCc1nc2ccccc2c(=O)[nH]1)NCCN1CCN(C(=O)C2CCCC2)CC1. The maximum atomic E-state index is 12.5. The number of nitrogens with one attached hydrogen (secondary N) is 2. The number of piperazine rings is 1. The zero-order valence-corrected chi connectivity index (χ0v) is 18.6. The molecule has 1 aliphatic carbocycles. The second kappa shape index (κ2) is 10.7. The fourth-order valence-electron chi connectivity index (χ4n) is 4.73. The van der Waals surface area contributed by atoms with E-state index in [2.05, 4.69) is 20.2 Å². The van der Waals surface area contributed by atoms with Crippen LogP contribution in [-0.2, 0) is 16.0 Å². The van der Waals surface area contributed by atoms with E-state index in [0.717, 1.165) is 45.6 Å². The van der Waals surface area contributed by atoms with E-state index >= 15 is 0 Å². The number of nitrogens with zero attached hydrogens (tertiary/aromatic N) is 3. The number of benzene rings is 1. The summed E-state index contributed by atoms with van der Waals surface area (Å²) in [7, 11) is 0. The molecule has 0 bridgehead atoms. The standard InChI is InChI=1S/C24H33N5O3/c30-22(11-5-10-21-26-20-9-4-3-8-19(20)23(31)27-21)25-12-13-28-14-16-29(17-15-28)24(32)18-6-1-2-7-18/h3-4,8-9,18H,1-2,5-7,10-17H2,(H,25,30)(H,26,27,31). The minimum absolute atomic E-state index is 0.0168. The molecule has 2 fully saturated rings. The number of hydrogen-bond donors (Lipinski definition) is 2. The monoisotopic (exact) mass is 439 g/mol. The van der Waals surface area contributed by atoms with Crippen molar-refractivity contribution in [2.24, 2.45) is 5.92 Å². The Morgan fingerprint density at radius 1 is 1.09 bits per heavy atom. The molecule has 1 aliphatic heterocycles. The number of aromatic nitrogens is 2. The highest BCUT2D eigenvalue weighted by molar-refractivity contribution is 5.79. The van der Waals surface area contributed by atoms with Crippen molar-refractivity contribution in [2.45, 2.75) is 44.9 Å². The van der Waals surface area contributed by atoms with E-state index in [1.54, 1.807) is 6.07 Å². The Bertz CT molecular complexity index is 991. The van der Waals surface area contributed by atoms with Gasteiger partial charge >= 0.3 is 0 Å². The molecule has 0 spiro atoms. The average molecular weight is 440 g/mol. The maximum absolute atomic E-state index is 12.5. The van der Waals surface area contributed by atoms with E-state index in [9.17, 15) is 14.4 Å². The van der Waals surface area contributed by atoms with Gasteiger partial charge in [-0.2, -0.15) is 0 Å². The predicted molar refractivity (Wildman–Crippen MR) is 123 cm³/mol. The highest BCUT2D eigenvalue weighted by Gasteiger charge is 2.29. The topological polar surface area (TPSA) is 98.4 Å². The molecule has 0 atom stereocenters. The number of hydrogen-bond acceptors (Lipinski definition) is 5. The average Bonchev–Trinajstić information content (AvgIpc) is 3.34. The van der Waals surface area contributed by atoms with Crippen molar-refractivity contribution in [3.63, 3.8) is 0 Å². The first kappa shape index (κ1) is 22.5. The molecule has 1 aromatic carbocycles. The Kier molecular flexibility index (Phi) is 7.52. The van der Waals surface area contributed by atoms with Crippen LogP contribution >= 0.6 is 0 Å². The molecule has 0 radical (unpaired) electrons. The minimum atomic E-state index is -0.139. The number of carbonyl (C=O) groups is 2. The van der Waals surface area contributed by atoms with Crippen molar-refractivity contribution in [1.82, 2.24) is 25.1 Å². The summed E-state index contributed by atoms with van der Waals surface area (Å²) >= 11 is 0. The molecule has 1 saturated carbocycles. The normalized spacial score (nSPS) is 17.7. The summed E-state index contributed by atoms with van der Waals surface area (Å²) in [6.45, 7) is 4.74. The van der Waals surface area contributed by atoms with Crippen LogP contribution in [0.4, 0.5) is 0 Å². The summed E-state index contributed by atoms with van der Waals surface area (Å²) in [4.78, 5) is 48.4. The van der Waals surface area contributed by atoms with E-state index in [1.165, 1.54) is 12.8 Å². The number of amides is 2. The lowest BCUT2D eigenvalue weighted by atomic mass is 10.1. The summed E-state index contributed by atoms with van der Waals surface area (Å²) in [5.41, 5.74) is 0.542. The first-order valence-electron chi connectivity index (χ1n) is 11.9. The van der Waals surface area contributed by atoms with Gasteiger partial charge in [0.25, 0.3) is 5.56 Å². The fourth-order valence-corrected chi connectivity index (χ4v) is 4.73. The molecule has 32 heavy (non-hydrogen) atoms. The summed E-state index contributed by atoms with van der Waals surface area (Å²) in [5, 5.41) is 3.56. The van der Waals surface area contributed by atoms with Crippen molar-refractivity contribution in [1.29, 1.82) is 0 Å². The van der Waals surface area contributed by atoms with Crippen LogP contribution in [0.5, 0.6) is 0 Å². The number of rotatable bonds is 8. The zero-order valence-electron chi connectivity index (χ0n) is 18.6. The quantitative estimate of drug-likeness (QED) is 0.652. The van der Waals surface area contributed by atoms with E-state index in [4.69, 9.17) is 0 Å². The number of carbonyl (C=O) groups excluding carboxylic acids is 2. The first-order valence-corrected chi connectivity index (χ1v) is 11.9. The molecule has 0 unspecified atom stereocenters. The number of aromatic amines is 1. The number of aryl methyl sites for hydroxylation is 1. The molecule has 4 rings (SSSR count). The van der Waals surface area contributed by atoms with Gasteiger partial charge < -0.3 is 15.2 Å². The van der Waals surface area contributed by atoms with Gasteiger partial charge in [0.15, 0.2) is 0 Å². The van der Waals surface area contributed by atoms with Gasteiger partial charge in [-0.15, -0.1) is 0 Å². The van der Waals surface area contributed by atoms with Crippen LogP contribution in [-0.4, -0.2) is 70.9 Å². The largest absolute Gasteiger partial charge is 0.355 e. The molecular formula is C24H33N5O3. The summed E-state index contributed by atoms with van der Waals surface area (Å²) < 4.78 is 0. The summed E-state index contributed by atoms with van der Waals surface area (Å²) in [5.74, 6) is 1.23. The van der Waals surface area contributed by atoms with Crippen LogP contribution in [0.2, 0.25) is 0 Å². The molecule has 1 saturated heterocycles. The number of H-pyrrole nitrogens is 1.